The molecular formula is C38H26F7N3O4S. The van der Waals surface area contributed by atoms with Crippen molar-refractivity contribution in [3.8, 4) is 5.75 Å². The van der Waals surface area contributed by atoms with Gasteiger partial charge in [0.2, 0.25) is 5.91 Å². The van der Waals surface area contributed by atoms with E-state index in [0.717, 1.165) is 11.8 Å². The highest BCUT2D eigenvalue weighted by Crippen LogP contribution is 2.40. The van der Waals surface area contributed by atoms with E-state index in [0.29, 0.717) is 21.8 Å². The molecule has 5 aromatic rings. The summed E-state index contributed by atoms with van der Waals surface area (Å²) in [5.41, 5.74) is -3.19. The minimum atomic E-state index is -5.75. The van der Waals surface area contributed by atoms with Crippen molar-refractivity contribution in [2.24, 2.45) is 0 Å². The maximum atomic E-state index is 14.6. The molecule has 0 bridgehead atoms. The third-order valence-electron chi connectivity index (χ3n) is 7.46. The van der Waals surface area contributed by atoms with Crippen LogP contribution in [0.5, 0.6) is 5.75 Å². The number of alkyl halides is 3. The number of hydrogen-bond acceptors (Lipinski definition) is 5. The molecule has 1 unspecified atom stereocenters. The Bertz CT molecular complexity index is 2120. The van der Waals surface area contributed by atoms with Crippen LogP contribution in [0.25, 0.3) is 6.08 Å². The number of amides is 3. The second-order valence-corrected chi connectivity index (χ2v) is 12.2. The first-order chi connectivity index (χ1) is 25.3. The molecule has 0 fully saturated rings. The Morgan fingerprint density at radius 3 is 1.83 bits per heavy atom. The van der Waals surface area contributed by atoms with Crippen LogP contribution in [0.3, 0.4) is 0 Å². The molecular weight excluding hydrogens is 727 g/mol. The summed E-state index contributed by atoms with van der Waals surface area (Å²) in [5, 5.41) is 5.66. The van der Waals surface area contributed by atoms with Crippen molar-refractivity contribution >= 4 is 46.9 Å². The van der Waals surface area contributed by atoms with Crippen LogP contribution < -0.4 is 20.7 Å². The smallest absolute Gasteiger partial charge is 0.422 e. The minimum absolute atomic E-state index is 0.0983. The molecule has 3 amide bonds. The van der Waals surface area contributed by atoms with Crippen LogP contribution in [-0.2, 0) is 15.8 Å². The lowest BCUT2D eigenvalue weighted by Gasteiger charge is -2.19. The van der Waals surface area contributed by atoms with Crippen molar-refractivity contribution in [2.45, 2.75) is 16.3 Å². The van der Waals surface area contributed by atoms with Crippen molar-refractivity contribution in [1.82, 2.24) is 5.32 Å². The summed E-state index contributed by atoms with van der Waals surface area (Å²) in [5.74, 6) is -12.1. The van der Waals surface area contributed by atoms with Gasteiger partial charge in [-0.15, -0.1) is 11.8 Å². The molecule has 7 nitrogen and oxygen atoms in total. The lowest BCUT2D eigenvalue weighted by Crippen LogP contribution is -2.30. The van der Waals surface area contributed by atoms with Crippen LogP contribution >= 0.6 is 11.8 Å². The van der Waals surface area contributed by atoms with Gasteiger partial charge in [-0.25, -0.2) is 17.6 Å². The third kappa shape index (κ3) is 9.23. The van der Waals surface area contributed by atoms with E-state index < -0.39 is 63.7 Å². The zero-order valence-corrected chi connectivity index (χ0v) is 28.1. The zero-order valence-electron chi connectivity index (χ0n) is 27.2. The largest absolute Gasteiger partial charge is 0.497 e. The van der Waals surface area contributed by atoms with Crippen molar-refractivity contribution in [2.75, 3.05) is 17.7 Å². The van der Waals surface area contributed by atoms with Crippen LogP contribution in [0, 0.1) is 23.3 Å². The van der Waals surface area contributed by atoms with Crippen LogP contribution in [-0.4, -0.2) is 24.8 Å². The van der Waals surface area contributed by atoms with Gasteiger partial charge in [-0.05, 0) is 65.7 Å². The molecule has 0 aliphatic heterocycles. The standard InChI is InChI=1S/C38H26F7N3O4S/c1-52-25-16-12-21(13-17-25)20-27(47-35(49)23-10-6-3-7-11-23)36(50)46-24-14-18-26(19-15-24)53-34(22-8-4-2-5-9-22)37(51)48-33-31(41)29(39)28(38(43,44)45)30(40)32(33)42/h2-20,34H,1H3,(H,46,50)(H,47,49)(H,48,51)/b27-20-. The van der Waals surface area contributed by atoms with Crippen LogP contribution in [0.15, 0.2) is 120 Å². The Labute approximate surface area is 301 Å². The highest BCUT2D eigenvalue weighted by atomic mass is 32.2. The Morgan fingerprint density at radius 1 is 0.717 bits per heavy atom. The average Bonchev–Trinajstić information content (AvgIpc) is 3.15. The Morgan fingerprint density at radius 2 is 1.28 bits per heavy atom. The number of nitrogens with one attached hydrogen (secondary N) is 3. The summed E-state index contributed by atoms with van der Waals surface area (Å²) in [6.07, 6.45) is -4.29. The zero-order chi connectivity index (χ0) is 38.3. The lowest BCUT2D eigenvalue weighted by molar-refractivity contribution is -0.143. The topological polar surface area (TPSA) is 96.5 Å². The molecule has 0 radical (unpaired) electrons. The minimum Gasteiger partial charge on any atom is -0.497 e. The molecule has 3 N–H and O–H groups in total. The number of benzene rings is 5. The fourth-order valence-electron chi connectivity index (χ4n) is 4.84. The number of halogens is 7. The van der Waals surface area contributed by atoms with E-state index in [1.165, 1.54) is 49.6 Å². The van der Waals surface area contributed by atoms with Gasteiger partial charge in [-0.3, -0.25) is 14.4 Å². The molecule has 0 aromatic heterocycles. The van der Waals surface area contributed by atoms with E-state index in [-0.39, 0.29) is 16.9 Å². The predicted octanol–water partition coefficient (Wildman–Crippen LogP) is 9.15. The first kappa shape index (κ1) is 38.1. The first-order valence-corrected chi connectivity index (χ1v) is 16.2. The number of rotatable bonds is 11. The molecule has 15 heteroatoms. The van der Waals surface area contributed by atoms with Crippen molar-refractivity contribution in [3.63, 3.8) is 0 Å². The van der Waals surface area contributed by atoms with Gasteiger partial charge < -0.3 is 20.7 Å². The number of thioether (sulfide) groups is 1. The SMILES string of the molecule is COc1ccc(/C=C(\NC(=O)c2ccccc2)C(=O)Nc2ccc(SC(C(=O)Nc3c(F)c(F)c(C(F)(F)F)c(F)c3F)c3ccccc3)cc2)cc1. The Balaban J connectivity index is 1.37. The van der Waals surface area contributed by atoms with Crippen LogP contribution in [0.2, 0.25) is 0 Å². The number of ether oxygens (including phenoxy) is 1. The van der Waals surface area contributed by atoms with Gasteiger partial charge in [0.25, 0.3) is 11.8 Å². The number of carbonyl (C=O) groups excluding carboxylic acids is 3. The number of hydrogen-bond donors (Lipinski definition) is 3. The fourth-order valence-corrected chi connectivity index (χ4v) is 5.86. The third-order valence-corrected chi connectivity index (χ3v) is 8.72. The van der Waals surface area contributed by atoms with Gasteiger partial charge in [-0.1, -0.05) is 60.7 Å². The van der Waals surface area contributed by atoms with E-state index in [1.54, 1.807) is 78.1 Å². The molecule has 0 aliphatic carbocycles. The molecule has 5 rings (SSSR count). The van der Waals surface area contributed by atoms with Crippen molar-refractivity contribution in [3.05, 3.63) is 160 Å². The summed E-state index contributed by atoms with van der Waals surface area (Å²) >= 11 is 0.826. The monoisotopic (exact) mass is 753 g/mol. The van der Waals surface area contributed by atoms with E-state index >= 15 is 0 Å². The highest BCUT2D eigenvalue weighted by molar-refractivity contribution is 8.00. The van der Waals surface area contributed by atoms with Crippen molar-refractivity contribution < 1.29 is 49.9 Å². The summed E-state index contributed by atoms with van der Waals surface area (Å²) in [7, 11) is 1.50. The Hall–Kier alpha value is -6.09. The molecule has 0 saturated heterocycles. The predicted molar refractivity (Wildman–Crippen MR) is 185 cm³/mol. The summed E-state index contributed by atoms with van der Waals surface area (Å²) < 4.78 is 102. The van der Waals surface area contributed by atoms with Gasteiger partial charge >= 0.3 is 6.18 Å². The maximum Gasteiger partial charge on any atom is 0.422 e. The highest BCUT2D eigenvalue weighted by Gasteiger charge is 2.43. The molecule has 53 heavy (non-hydrogen) atoms. The summed E-state index contributed by atoms with van der Waals surface area (Å²) in [4.78, 5) is 40.1. The second-order valence-electron chi connectivity index (χ2n) is 11.0. The van der Waals surface area contributed by atoms with Gasteiger partial charge in [-0.2, -0.15) is 13.2 Å². The van der Waals surface area contributed by atoms with E-state index in [4.69, 9.17) is 4.74 Å². The molecule has 0 saturated carbocycles. The van der Waals surface area contributed by atoms with Gasteiger partial charge in [0.05, 0.1) is 7.11 Å². The molecule has 0 aliphatic rings. The Kier molecular flexibility index (Phi) is 11.9. The molecule has 272 valence electrons. The van der Waals surface area contributed by atoms with E-state index in [2.05, 4.69) is 10.6 Å². The number of carbonyl (C=O) groups is 3. The fraction of sp³-hybridized carbons (Fsp3) is 0.0789. The van der Waals surface area contributed by atoms with Crippen LogP contribution in [0.4, 0.5) is 42.1 Å². The normalized spacial score (nSPS) is 12.1. The van der Waals surface area contributed by atoms with Gasteiger partial charge in [0, 0.05) is 16.1 Å². The summed E-state index contributed by atoms with van der Waals surface area (Å²) in [6, 6.07) is 28.5. The van der Waals surface area contributed by atoms with Gasteiger partial charge in [0.1, 0.15) is 27.9 Å². The first-order valence-electron chi connectivity index (χ1n) is 15.4. The van der Waals surface area contributed by atoms with E-state index in [1.807, 2.05) is 0 Å². The number of methoxy groups -OCH3 is 1. The average molecular weight is 754 g/mol. The van der Waals surface area contributed by atoms with Crippen molar-refractivity contribution in [1.29, 1.82) is 0 Å². The number of anilines is 2. The lowest BCUT2D eigenvalue weighted by atomic mass is 10.1. The summed E-state index contributed by atoms with van der Waals surface area (Å²) in [6.45, 7) is 0. The quantitative estimate of drug-likeness (QED) is 0.0542. The van der Waals surface area contributed by atoms with E-state index in [9.17, 15) is 45.1 Å². The molecule has 0 heterocycles. The molecule has 1 atom stereocenters. The maximum absolute atomic E-state index is 14.6. The molecule has 5 aromatic carbocycles. The second kappa shape index (κ2) is 16.5. The van der Waals surface area contributed by atoms with Crippen LogP contribution in [0.1, 0.15) is 32.3 Å². The van der Waals surface area contributed by atoms with Gasteiger partial charge in [0.15, 0.2) is 23.3 Å². The molecule has 0 spiro atoms.